The van der Waals surface area contributed by atoms with E-state index >= 15 is 0 Å². The third-order valence-electron chi connectivity index (χ3n) is 6.20. The van der Waals surface area contributed by atoms with Gasteiger partial charge in [-0.25, -0.2) is 4.79 Å². The predicted molar refractivity (Wildman–Crippen MR) is 174 cm³/mol. The molecule has 1 fully saturated rings. The summed E-state index contributed by atoms with van der Waals surface area (Å²) in [4.78, 5) is 18.6. The van der Waals surface area contributed by atoms with E-state index in [1.165, 1.54) is 0 Å². The molecule has 228 valence electrons. The monoisotopic (exact) mass is 574 g/mol. The minimum atomic E-state index is -0.434. The topological polar surface area (TPSA) is 88.5 Å². The Balaban J connectivity index is 0.000000686. The number of piperidine rings is 1. The summed E-state index contributed by atoms with van der Waals surface area (Å²) in [5, 5.41) is 17.1. The first-order chi connectivity index (χ1) is 19.8. The molecule has 1 aliphatic heterocycles. The highest BCUT2D eigenvalue weighted by atomic mass is 16.6. The number of carbonyl (C=O) groups excluding carboxylic acids is 1. The van der Waals surface area contributed by atoms with Crippen LogP contribution in [-0.4, -0.2) is 62.5 Å². The van der Waals surface area contributed by atoms with E-state index in [0.29, 0.717) is 18.7 Å². The minimum Gasteiger partial charge on any atom is -0.409 e. The molecule has 1 saturated heterocycles. The molecule has 0 unspecified atom stereocenters. The lowest BCUT2D eigenvalue weighted by molar-refractivity contribution is 0.136. The molecule has 1 aromatic heterocycles. The number of aromatic amines is 1. The maximum atomic E-state index is 13.0. The zero-order valence-corrected chi connectivity index (χ0v) is 27.2. The van der Waals surface area contributed by atoms with Crippen molar-refractivity contribution in [3.63, 3.8) is 0 Å². The molecule has 1 aliphatic rings. The van der Waals surface area contributed by atoms with E-state index in [9.17, 15) is 10.1 Å². The zero-order valence-electron chi connectivity index (χ0n) is 27.2. The van der Waals surface area contributed by atoms with Gasteiger partial charge in [-0.1, -0.05) is 53.7 Å². The van der Waals surface area contributed by atoms with Gasteiger partial charge in [0.05, 0.1) is 11.3 Å². The number of hydrogen-bond donors (Lipinski definition) is 1. The summed E-state index contributed by atoms with van der Waals surface area (Å²) in [6.45, 7) is 14.2. The molecule has 0 aliphatic carbocycles. The summed E-state index contributed by atoms with van der Waals surface area (Å²) in [5.74, 6) is 2.10. The molecule has 1 N–H and O–H groups in total. The molecule has 42 heavy (non-hydrogen) atoms. The Morgan fingerprint density at radius 1 is 0.952 bits per heavy atom. The Hall–Kier alpha value is -3.99. The van der Waals surface area contributed by atoms with E-state index in [1.54, 1.807) is 17.0 Å². The van der Waals surface area contributed by atoms with Crippen LogP contribution in [0.25, 0.3) is 11.3 Å². The van der Waals surface area contributed by atoms with Crippen molar-refractivity contribution in [3.05, 3.63) is 59.8 Å². The summed E-state index contributed by atoms with van der Waals surface area (Å²) in [7, 11) is 7.83. The molecule has 0 radical (unpaired) electrons. The lowest BCUT2D eigenvalue weighted by atomic mass is 9.94. The van der Waals surface area contributed by atoms with Gasteiger partial charge < -0.3 is 19.4 Å². The number of anilines is 2. The summed E-state index contributed by atoms with van der Waals surface area (Å²) < 4.78 is 5.66. The lowest BCUT2D eigenvalue weighted by Crippen LogP contribution is -2.41. The number of hydrogen-bond acceptors (Lipinski definition) is 6. The highest BCUT2D eigenvalue weighted by molar-refractivity contribution is 5.73. The number of nitriles is 1. The fourth-order valence-electron chi connectivity index (χ4n) is 4.15. The second kappa shape index (κ2) is 16.5. The van der Waals surface area contributed by atoms with Crippen LogP contribution in [0.3, 0.4) is 0 Å². The third-order valence-corrected chi connectivity index (χ3v) is 6.20. The van der Waals surface area contributed by atoms with Gasteiger partial charge in [0.15, 0.2) is 5.75 Å². The normalized spacial score (nSPS) is 14.3. The number of amides is 1. The van der Waals surface area contributed by atoms with Gasteiger partial charge in [-0.15, -0.1) is 0 Å². The van der Waals surface area contributed by atoms with Gasteiger partial charge in [0.25, 0.3) is 0 Å². The number of nitrogens with zero attached hydrogens (tertiary/aromatic N) is 5. The van der Waals surface area contributed by atoms with Gasteiger partial charge in [0.1, 0.15) is 6.07 Å². The van der Waals surface area contributed by atoms with E-state index in [4.69, 9.17) is 4.74 Å². The van der Waals surface area contributed by atoms with Crippen LogP contribution in [-0.2, 0) is 0 Å². The molecule has 0 saturated carbocycles. The second-order valence-corrected chi connectivity index (χ2v) is 12.5. The molecule has 1 atom stereocenters. The first-order valence-electron chi connectivity index (χ1n) is 14.8. The van der Waals surface area contributed by atoms with E-state index in [-0.39, 0.29) is 11.7 Å². The number of ether oxygens (including phenoxy) is 1. The van der Waals surface area contributed by atoms with Crippen molar-refractivity contribution in [2.24, 2.45) is 11.8 Å². The number of benzene rings is 2. The lowest BCUT2D eigenvalue weighted by Gasteiger charge is -2.31. The molecule has 1 amide bonds. The standard InChI is InChI=1S/C26H30N6O2.2C4H10/c1-30(2)21-10-7-18(8-11-21)23-15-24(29-28-23)20-6-5-13-32(17-20)26(33)34-25-14-22(31(3)4)12-9-19(25)16-27;2*1-4(2)3/h7-12,14-15,20H,5-6,13,17H2,1-4H3,(H,28,29);2*4H,1-3H3/t20-;;/m0../s1. The number of rotatable bonds is 5. The largest absolute Gasteiger partial charge is 0.415 e. The van der Waals surface area contributed by atoms with Crippen molar-refractivity contribution in [2.75, 3.05) is 51.1 Å². The highest BCUT2D eigenvalue weighted by Gasteiger charge is 2.28. The second-order valence-electron chi connectivity index (χ2n) is 12.5. The van der Waals surface area contributed by atoms with Crippen molar-refractivity contribution in [2.45, 2.75) is 60.3 Å². The molecule has 0 spiro atoms. The molecule has 2 heterocycles. The maximum Gasteiger partial charge on any atom is 0.415 e. The molecular formula is C34H50N6O2. The first-order valence-corrected chi connectivity index (χ1v) is 14.8. The van der Waals surface area contributed by atoms with Gasteiger partial charge in [-0.2, -0.15) is 10.4 Å². The fourth-order valence-corrected chi connectivity index (χ4v) is 4.15. The predicted octanol–water partition coefficient (Wildman–Crippen LogP) is 7.78. The molecule has 3 aromatic rings. The van der Waals surface area contributed by atoms with E-state index in [1.807, 2.05) is 39.2 Å². The molecule has 8 nitrogen and oxygen atoms in total. The van der Waals surface area contributed by atoms with E-state index in [0.717, 1.165) is 53.0 Å². The SMILES string of the molecule is CC(C)C.CC(C)C.CN(C)c1ccc(-c2cc([C@H]3CCCN(C(=O)Oc4cc(N(C)C)ccc4C#N)C3)[nH]n2)cc1. The Morgan fingerprint density at radius 3 is 2.07 bits per heavy atom. The highest BCUT2D eigenvalue weighted by Crippen LogP contribution is 2.30. The number of aromatic nitrogens is 2. The van der Waals surface area contributed by atoms with Gasteiger partial charge in [0.2, 0.25) is 0 Å². The number of H-pyrrole nitrogens is 1. The van der Waals surface area contributed by atoms with Crippen molar-refractivity contribution in [1.82, 2.24) is 15.1 Å². The molecule has 2 aromatic carbocycles. The Bertz CT molecular complexity index is 1280. The van der Waals surface area contributed by atoms with E-state index in [2.05, 4.69) is 93.0 Å². The Morgan fingerprint density at radius 2 is 1.52 bits per heavy atom. The summed E-state index contributed by atoms with van der Waals surface area (Å²) in [5.41, 5.74) is 5.28. The van der Waals surface area contributed by atoms with Gasteiger partial charge in [-0.3, -0.25) is 5.10 Å². The Kier molecular flexibility index (Phi) is 13.4. The molecule has 8 heteroatoms. The smallest absolute Gasteiger partial charge is 0.409 e. The average molecular weight is 575 g/mol. The van der Waals surface area contributed by atoms with Crippen molar-refractivity contribution in [1.29, 1.82) is 5.26 Å². The van der Waals surface area contributed by atoms with Crippen LogP contribution in [0.1, 0.15) is 71.6 Å². The number of likely N-dealkylation sites (tertiary alicyclic amines) is 1. The molecule has 0 bridgehead atoms. The number of nitrogens with one attached hydrogen (secondary N) is 1. The number of carbonyl (C=O) groups is 1. The van der Waals surface area contributed by atoms with Crippen molar-refractivity contribution < 1.29 is 9.53 Å². The summed E-state index contributed by atoms with van der Waals surface area (Å²) >= 11 is 0. The molecular weight excluding hydrogens is 524 g/mol. The van der Waals surface area contributed by atoms with Gasteiger partial charge in [0, 0.05) is 75.9 Å². The van der Waals surface area contributed by atoms with Crippen LogP contribution in [0.15, 0.2) is 48.5 Å². The van der Waals surface area contributed by atoms with Crippen LogP contribution in [0.2, 0.25) is 0 Å². The minimum absolute atomic E-state index is 0.146. The van der Waals surface area contributed by atoms with Crippen LogP contribution < -0.4 is 14.5 Å². The fraction of sp³-hybridized carbons (Fsp3) is 0.500. The molecule has 4 rings (SSSR count). The van der Waals surface area contributed by atoms with Crippen LogP contribution in [0.4, 0.5) is 16.2 Å². The quantitative estimate of drug-likeness (QED) is 0.335. The first kappa shape index (κ1) is 34.2. The Labute approximate surface area is 253 Å². The maximum absolute atomic E-state index is 13.0. The third kappa shape index (κ3) is 10.8. The van der Waals surface area contributed by atoms with Gasteiger partial charge in [-0.05, 0) is 55.0 Å². The van der Waals surface area contributed by atoms with Crippen LogP contribution in [0.5, 0.6) is 5.75 Å². The van der Waals surface area contributed by atoms with Gasteiger partial charge >= 0.3 is 6.09 Å². The van der Waals surface area contributed by atoms with Crippen molar-refractivity contribution >= 4 is 17.5 Å². The summed E-state index contributed by atoms with van der Waals surface area (Å²) in [6.07, 6.45) is 1.40. The summed E-state index contributed by atoms with van der Waals surface area (Å²) in [6, 6.07) is 17.7. The van der Waals surface area contributed by atoms with E-state index < -0.39 is 6.09 Å². The average Bonchev–Trinajstić information content (AvgIpc) is 3.43. The van der Waals surface area contributed by atoms with Crippen LogP contribution >= 0.6 is 0 Å². The van der Waals surface area contributed by atoms with Crippen molar-refractivity contribution in [3.8, 4) is 23.1 Å². The van der Waals surface area contributed by atoms with Crippen LogP contribution in [0, 0.1) is 23.2 Å². The zero-order chi connectivity index (χ0) is 31.4.